The van der Waals surface area contributed by atoms with Crippen LogP contribution in [0.5, 0.6) is 11.6 Å². The quantitative estimate of drug-likeness (QED) is 0.635. The lowest BCUT2D eigenvalue weighted by atomic mass is 9.82. The van der Waals surface area contributed by atoms with Crippen LogP contribution in [0.4, 0.5) is 4.39 Å². The first-order chi connectivity index (χ1) is 14.2. The first-order valence-corrected chi connectivity index (χ1v) is 10.2. The summed E-state index contributed by atoms with van der Waals surface area (Å²) in [6, 6.07) is 9.68. The molecule has 152 valence electrons. The number of fused-ring (bicyclic) bond motifs is 5. The minimum atomic E-state index is -0.290. The molecule has 1 aromatic carbocycles. The van der Waals surface area contributed by atoms with Crippen LogP contribution in [-0.4, -0.2) is 48.2 Å². The van der Waals surface area contributed by atoms with Crippen molar-refractivity contribution in [3.05, 3.63) is 54.0 Å². The van der Waals surface area contributed by atoms with E-state index in [1.807, 2.05) is 19.2 Å². The zero-order valence-corrected chi connectivity index (χ0v) is 16.4. The number of pyridine rings is 1. The van der Waals surface area contributed by atoms with Crippen LogP contribution in [-0.2, 0) is 11.3 Å². The van der Waals surface area contributed by atoms with Gasteiger partial charge in [-0.15, -0.1) is 0 Å². The van der Waals surface area contributed by atoms with Gasteiger partial charge in [-0.1, -0.05) is 6.07 Å². The Bertz CT molecular complexity index is 869. The molecule has 5 rings (SSSR count). The SMILES string of the molecule is CN=C(NCc1ccc(Oc2ccc(F)cc2)nc1)N1CC2C3CCC(O3)C2C1. The summed E-state index contributed by atoms with van der Waals surface area (Å²) in [5.41, 5.74) is 1.04. The third-order valence-corrected chi connectivity index (χ3v) is 6.25. The predicted molar refractivity (Wildman–Crippen MR) is 107 cm³/mol. The number of nitrogens with one attached hydrogen (secondary N) is 1. The number of aromatic nitrogens is 1. The van der Waals surface area contributed by atoms with Crippen LogP contribution in [0.2, 0.25) is 0 Å². The van der Waals surface area contributed by atoms with E-state index in [2.05, 4.69) is 20.2 Å². The van der Waals surface area contributed by atoms with Gasteiger partial charge in [0.2, 0.25) is 5.88 Å². The van der Waals surface area contributed by atoms with Gasteiger partial charge in [-0.3, -0.25) is 4.99 Å². The maximum Gasteiger partial charge on any atom is 0.219 e. The Labute approximate surface area is 169 Å². The fraction of sp³-hybridized carbons (Fsp3) is 0.455. The van der Waals surface area contributed by atoms with Gasteiger partial charge < -0.3 is 19.7 Å². The molecule has 3 aliphatic rings. The van der Waals surface area contributed by atoms with Crippen LogP contribution in [0.1, 0.15) is 18.4 Å². The standard InChI is InChI=1S/C22H25FN4O2/c1-24-22(27-12-17-18(13-27)20-8-7-19(17)29-20)26-11-14-2-9-21(25-10-14)28-16-5-3-15(23)4-6-16/h2-6,9-10,17-20H,7-8,11-13H2,1H3,(H,24,26). The smallest absolute Gasteiger partial charge is 0.219 e. The summed E-state index contributed by atoms with van der Waals surface area (Å²) >= 11 is 0. The van der Waals surface area contributed by atoms with E-state index in [1.54, 1.807) is 18.3 Å². The number of aliphatic imine (C=N–C) groups is 1. The number of nitrogens with zero attached hydrogens (tertiary/aromatic N) is 3. The second kappa shape index (κ2) is 7.63. The number of likely N-dealkylation sites (tertiary alicyclic amines) is 1. The maximum absolute atomic E-state index is 13.0. The zero-order valence-electron chi connectivity index (χ0n) is 16.4. The minimum absolute atomic E-state index is 0.290. The van der Waals surface area contributed by atoms with Crippen molar-refractivity contribution in [3.63, 3.8) is 0 Å². The number of guanidine groups is 1. The van der Waals surface area contributed by atoms with Gasteiger partial charge in [0, 0.05) is 50.8 Å². The highest BCUT2D eigenvalue weighted by molar-refractivity contribution is 5.80. The number of hydrogen-bond donors (Lipinski definition) is 1. The summed E-state index contributed by atoms with van der Waals surface area (Å²) in [7, 11) is 1.83. The Balaban J connectivity index is 1.16. The van der Waals surface area contributed by atoms with Crippen LogP contribution >= 0.6 is 0 Å². The summed E-state index contributed by atoms with van der Waals surface area (Å²) < 4.78 is 24.7. The molecule has 3 fully saturated rings. The Kier molecular flexibility index (Phi) is 4.83. The van der Waals surface area contributed by atoms with Crippen LogP contribution in [0, 0.1) is 17.7 Å². The van der Waals surface area contributed by atoms with Gasteiger partial charge in [-0.2, -0.15) is 0 Å². The van der Waals surface area contributed by atoms with Crippen molar-refractivity contribution < 1.29 is 13.9 Å². The molecule has 1 aromatic heterocycles. The molecule has 4 unspecified atom stereocenters. The minimum Gasteiger partial charge on any atom is -0.439 e. The topological polar surface area (TPSA) is 59.0 Å². The van der Waals surface area contributed by atoms with E-state index in [0.717, 1.165) is 24.6 Å². The molecule has 0 amide bonds. The Hall–Kier alpha value is -2.67. The van der Waals surface area contributed by atoms with Gasteiger partial charge >= 0.3 is 0 Å². The van der Waals surface area contributed by atoms with Crippen molar-refractivity contribution in [1.82, 2.24) is 15.2 Å². The number of benzene rings is 1. The van der Waals surface area contributed by atoms with E-state index in [9.17, 15) is 4.39 Å². The Morgan fingerprint density at radius 2 is 1.90 bits per heavy atom. The molecule has 7 heteroatoms. The Morgan fingerprint density at radius 3 is 2.52 bits per heavy atom. The van der Waals surface area contributed by atoms with Gasteiger partial charge in [0.25, 0.3) is 0 Å². The first kappa shape index (κ1) is 18.4. The van der Waals surface area contributed by atoms with Gasteiger partial charge in [0.15, 0.2) is 5.96 Å². The van der Waals surface area contributed by atoms with E-state index in [4.69, 9.17) is 9.47 Å². The fourth-order valence-corrected chi connectivity index (χ4v) is 4.85. The van der Waals surface area contributed by atoms with Crippen molar-refractivity contribution in [1.29, 1.82) is 0 Å². The molecule has 2 bridgehead atoms. The van der Waals surface area contributed by atoms with Crippen LogP contribution in [0.3, 0.4) is 0 Å². The summed E-state index contributed by atoms with van der Waals surface area (Å²) in [6.45, 7) is 2.69. The van der Waals surface area contributed by atoms with Gasteiger partial charge in [-0.05, 0) is 42.7 Å². The van der Waals surface area contributed by atoms with E-state index in [-0.39, 0.29) is 5.82 Å². The lowest BCUT2D eigenvalue weighted by Crippen LogP contribution is -2.41. The molecular weight excluding hydrogens is 371 g/mol. The van der Waals surface area contributed by atoms with Crippen molar-refractivity contribution >= 4 is 5.96 Å². The predicted octanol–water partition coefficient (Wildman–Crippen LogP) is 3.20. The summed E-state index contributed by atoms with van der Waals surface area (Å²) in [5, 5.41) is 3.46. The average molecular weight is 396 g/mol. The Morgan fingerprint density at radius 1 is 1.17 bits per heavy atom. The molecule has 1 N–H and O–H groups in total. The van der Waals surface area contributed by atoms with E-state index in [0.29, 0.717) is 42.2 Å². The van der Waals surface area contributed by atoms with Crippen molar-refractivity contribution in [2.45, 2.75) is 31.6 Å². The summed E-state index contributed by atoms with van der Waals surface area (Å²) in [4.78, 5) is 11.2. The normalized spacial score (nSPS) is 27.9. The molecular formula is C22H25FN4O2. The molecule has 0 aliphatic carbocycles. The number of ether oxygens (including phenoxy) is 2. The first-order valence-electron chi connectivity index (χ1n) is 10.2. The van der Waals surface area contributed by atoms with E-state index < -0.39 is 0 Å². The molecule has 0 spiro atoms. The molecule has 2 aromatic rings. The third-order valence-electron chi connectivity index (χ3n) is 6.25. The van der Waals surface area contributed by atoms with Crippen LogP contribution in [0.25, 0.3) is 0 Å². The highest BCUT2D eigenvalue weighted by Gasteiger charge is 2.53. The van der Waals surface area contributed by atoms with Crippen LogP contribution < -0.4 is 10.1 Å². The van der Waals surface area contributed by atoms with Gasteiger partial charge in [-0.25, -0.2) is 9.37 Å². The summed E-state index contributed by atoms with van der Waals surface area (Å²) in [5.74, 6) is 2.98. The highest BCUT2D eigenvalue weighted by Crippen LogP contribution is 2.47. The average Bonchev–Trinajstić information content (AvgIpc) is 3.45. The second-order valence-electron chi connectivity index (χ2n) is 7.98. The fourth-order valence-electron chi connectivity index (χ4n) is 4.85. The number of halogens is 1. The monoisotopic (exact) mass is 396 g/mol. The summed E-state index contributed by atoms with van der Waals surface area (Å²) in [6.07, 6.45) is 5.11. The molecule has 0 saturated carbocycles. The van der Waals surface area contributed by atoms with Gasteiger partial charge in [0.1, 0.15) is 11.6 Å². The third kappa shape index (κ3) is 3.67. The maximum atomic E-state index is 13.0. The molecule has 4 atom stereocenters. The van der Waals surface area contributed by atoms with Crippen molar-refractivity contribution in [3.8, 4) is 11.6 Å². The van der Waals surface area contributed by atoms with Gasteiger partial charge in [0.05, 0.1) is 12.2 Å². The molecule has 3 aliphatic heterocycles. The molecule has 6 nitrogen and oxygen atoms in total. The molecule has 3 saturated heterocycles. The molecule has 0 radical (unpaired) electrons. The van der Waals surface area contributed by atoms with E-state index >= 15 is 0 Å². The van der Waals surface area contributed by atoms with Crippen LogP contribution in [0.15, 0.2) is 47.6 Å². The zero-order chi connectivity index (χ0) is 19.8. The number of rotatable bonds is 4. The lowest BCUT2D eigenvalue weighted by Gasteiger charge is -2.23. The van der Waals surface area contributed by atoms with Crippen molar-refractivity contribution in [2.75, 3.05) is 20.1 Å². The number of hydrogen-bond acceptors (Lipinski definition) is 4. The molecule has 4 heterocycles. The lowest BCUT2D eigenvalue weighted by molar-refractivity contribution is 0.0767. The second-order valence-corrected chi connectivity index (χ2v) is 7.98. The molecule has 29 heavy (non-hydrogen) atoms. The largest absolute Gasteiger partial charge is 0.439 e. The van der Waals surface area contributed by atoms with Crippen molar-refractivity contribution in [2.24, 2.45) is 16.8 Å². The highest BCUT2D eigenvalue weighted by atomic mass is 19.1. The van der Waals surface area contributed by atoms with E-state index in [1.165, 1.54) is 25.0 Å².